The van der Waals surface area contributed by atoms with E-state index in [0.29, 0.717) is 42.7 Å². The van der Waals surface area contributed by atoms with Gasteiger partial charge in [-0.2, -0.15) is 11.8 Å². The van der Waals surface area contributed by atoms with Gasteiger partial charge in [-0.15, -0.1) is 11.3 Å². The van der Waals surface area contributed by atoms with Gasteiger partial charge < -0.3 is 14.8 Å². The highest BCUT2D eigenvalue weighted by molar-refractivity contribution is 7.98. The third-order valence-electron chi connectivity index (χ3n) is 7.19. The number of amides is 2. The van der Waals surface area contributed by atoms with E-state index >= 15 is 0 Å². The normalized spacial score (nSPS) is 19.3. The number of carbonyl (C=O) groups is 2. The predicted octanol–water partition coefficient (Wildman–Crippen LogP) is 3.35. The molecule has 2 aromatic rings. The van der Waals surface area contributed by atoms with Crippen LogP contribution >= 0.6 is 23.1 Å². The molecule has 0 unspecified atom stereocenters. The first-order chi connectivity index (χ1) is 16.1. The minimum Gasteiger partial charge on any atom is -0.343 e. The van der Waals surface area contributed by atoms with Gasteiger partial charge in [0.25, 0.3) is 5.56 Å². The van der Waals surface area contributed by atoms with E-state index in [2.05, 4.69) is 9.97 Å². The quantitative estimate of drug-likeness (QED) is 0.630. The maximum atomic E-state index is 12.7. The second-order valence-corrected chi connectivity index (χ2v) is 11.6. The molecule has 2 aliphatic heterocycles. The lowest BCUT2D eigenvalue weighted by atomic mass is 9.94. The Hall–Kier alpha value is -1.87. The summed E-state index contributed by atoms with van der Waals surface area (Å²) in [7, 11) is 0. The van der Waals surface area contributed by atoms with E-state index in [1.807, 2.05) is 9.80 Å². The molecule has 5 rings (SSSR count). The first-order valence-corrected chi connectivity index (χ1v) is 14.2. The Morgan fingerprint density at radius 3 is 2.61 bits per heavy atom. The zero-order valence-corrected chi connectivity index (χ0v) is 20.7. The Bertz CT molecular complexity index is 1080. The fraction of sp³-hybridized carbons (Fsp3) is 0.667. The van der Waals surface area contributed by atoms with Crippen molar-refractivity contribution in [2.45, 2.75) is 63.5 Å². The zero-order chi connectivity index (χ0) is 22.8. The maximum Gasteiger partial charge on any atom is 0.259 e. The molecule has 1 N–H and O–H groups in total. The molecule has 0 bridgehead atoms. The first kappa shape index (κ1) is 22.9. The molecular weight excluding hydrogens is 456 g/mol. The first-order valence-electron chi connectivity index (χ1n) is 12.3. The van der Waals surface area contributed by atoms with E-state index in [4.69, 9.17) is 0 Å². The van der Waals surface area contributed by atoms with E-state index in [0.717, 1.165) is 68.3 Å². The van der Waals surface area contributed by atoms with Crippen molar-refractivity contribution in [3.05, 3.63) is 26.6 Å². The molecule has 0 spiro atoms. The van der Waals surface area contributed by atoms with Gasteiger partial charge in [0.05, 0.1) is 11.1 Å². The van der Waals surface area contributed by atoms with Crippen molar-refractivity contribution >= 4 is 45.1 Å². The summed E-state index contributed by atoms with van der Waals surface area (Å²) in [5.74, 6) is 2.55. The summed E-state index contributed by atoms with van der Waals surface area (Å²) in [6, 6.07) is 0. The Balaban J connectivity index is 1.06. The van der Waals surface area contributed by atoms with Crippen LogP contribution in [0.15, 0.2) is 4.79 Å². The van der Waals surface area contributed by atoms with E-state index in [1.54, 1.807) is 23.1 Å². The summed E-state index contributed by atoms with van der Waals surface area (Å²) in [5.41, 5.74) is 1.18. The topological polar surface area (TPSA) is 86.4 Å². The zero-order valence-electron chi connectivity index (χ0n) is 19.1. The molecule has 0 aromatic carbocycles. The van der Waals surface area contributed by atoms with Gasteiger partial charge in [-0.25, -0.2) is 4.98 Å². The number of rotatable bonds is 6. The van der Waals surface area contributed by atoms with Crippen LogP contribution in [0.2, 0.25) is 0 Å². The molecule has 4 heterocycles. The average molecular weight is 489 g/mol. The Kier molecular flexibility index (Phi) is 7.06. The summed E-state index contributed by atoms with van der Waals surface area (Å²) in [6.45, 7) is 3.17. The number of aromatic amines is 1. The van der Waals surface area contributed by atoms with Crippen LogP contribution in [0.25, 0.3) is 10.2 Å². The lowest BCUT2D eigenvalue weighted by Crippen LogP contribution is -2.45. The number of thioether (sulfide) groups is 1. The fourth-order valence-corrected chi connectivity index (χ4v) is 7.42. The van der Waals surface area contributed by atoms with Gasteiger partial charge in [0.2, 0.25) is 11.8 Å². The third-order valence-corrected chi connectivity index (χ3v) is 9.34. The molecule has 2 aromatic heterocycles. The smallest absolute Gasteiger partial charge is 0.259 e. The minimum atomic E-state index is -0.0203. The lowest BCUT2D eigenvalue weighted by molar-refractivity contribution is -0.141. The fourth-order valence-electron chi connectivity index (χ4n) is 5.35. The Labute approximate surface area is 202 Å². The molecule has 2 saturated heterocycles. The van der Waals surface area contributed by atoms with Gasteiger partial charge in [0.15, 0.2) is 0 Å². The number of likely N-dealkylation sites (tertiary alicyclic amines) is 2. The average Bonchev–Trinajstić information content (AvgIpc) is 3.43. The SMILES string of the molecule is O=C(CCSCc1nc2sc3c(c2c(=O)[nH]1)CCC3)N1CCC(C(=O)N2CCCCC2)CC1. The van der Waals surface area contributed by atoms with Crippen LogP contribution in [0, 0.1) is 5.92 Å². The van der Waals surface area contributed by atoms with Crippen LogP contribution < -0.4 is 5.56 Å². The number of thiophene rings is 1. The summed E-state index contributed by atoms with van der Waals surface area (Å²) in [6.07, 6.45) is 8.69. The highest BCUT2D eigenvalue weighted by atomic mass is 32.2. The summed E-state index contributed by atoms with van der Waals surface area (Å²) in [4.78, 5) is 51.7. The van der Waals surface area contributed by atoms with Crippen molar-refractivity contribution in [2.24, 2.45) is 5.92 Å². The Morgan fingerprint density at radius 1 is 1.03 bits per heavy atom. The highest BCUT2D eigenvalue weighted by Crippen LogP contribution is 2.34. The van der Waals surface area contributed by atoms with Crippen molar-refractivity contribution in [1.82, 2.24) is 19.8 Å². The molecule has 7 nitrogen and oxygen atoms in total. The van der Waals surface area contributed by atoms with Crippen molar-refractivity contribution in [2.75, 3.05) is 31.9 Å². The number of carbonyl (C=O) groups excluding carboxylic acids is 2. The second-order valence-electron chi connectivity index (χ2n) is 9.39. The lowest BCUT2D eigenvalue weighted by Gasteiger charge is -2.35. The molecule has 33 heavy (non-hydrogen) atoms. The van der Waals surface area contributed by atoms with E-state index < -0.39 is 0 Å². The molecule has 2 amide bonds. The van der Waals surface area contributed by atoms with Crippen molar-refractivity contribution < 1.29 is 9.59 Å². The summed E-state index contributed by atoms with van der Waals surface area (Å²) in [5, 5.41) is 0.790. The van der Waals surface area contributed by atoms with Gasteiger partial charge in [0, 0.05) is 49.1 Å². The number of hydrogen-bond donors (Lipinski definition) is 1. The van der Waals surface area contributed by atoms with Gasteiger partial charge in [-0.1, -0.05) is 0 Å². The van der Waals surface area contributed by atoms with E-state index in [9.17, 15) is 14.4 Å². The van der Waals surface area contributed by atoms with Crippen molar-refractivity contribution in [3.63, 3.8) is 0 Å². The van der Waals surface area contributed by atoms with Gasteiger partial charge >= 0.3 is 0 Å². The van der Waals surface area contributed by atoms with Gasteiger partial charge in [-0.3, -0.25) is 14.4 Å². The molecule has 2 fully saturated rings. The Morgan fingerprint density at radius 2 is 1.82 bits per heavy atom. The van der Waals surface area contributed by atoms with Crippen LogP contribution in [-0.4, -0.2) is 63.5 Å². The van der Waals surface area contributed by atoms with Crippen molar-refractivity contribution in [3.8, 4) is 0 Å². The van der Waals surface area contributed by atoms with Crippen LogP contribution in [-0.2, 0) is 28.2 Å². The molecule has 9 heteroatoms. The molecule has 1 aliphatic carbocycles. The summed E-state index contributed by atoms with van der Waals surface area (Å²) >= 11 is 3.30. The van der Waals surface area contributed by atoms with Crippen LogP contribution in [0.3, 0.4) is 0 Å². The van der Waals surface area contributed by atoms with Gasteiger partial charge in [-0.05, 0) is 56.9 Å². The molecular formula is C24H32N4O3S2. The third kappa shape index (κ3) is 4.99. The minimum absolute atomic E-state index is 0.0203. The molecule has 0 atom stereocenters. The highest BCUT2D eigenvalue weighted by Gasteiger charge is 2.30. The van der Waals surface area contributed by atoms with Crippen molar-refractivity contribution in [1.29, 1.82) is 0 Å². The van der Waals surface area contributed by atoms with Crippen LogP contribution in [0.1, 0.15) is 61.2 Å². The molecule has 0 saturated carbocycles. The monoisotopic (exact) mass is 488 g/mol. The number of aromatic nitrogens is 2. The number of fused-ring (bicyclic) bond motifs is 3. The number of piperidine rings is 2. The second kappa shape index (κ2) is 10.2. The molecule has 3 aliphatic rings. The maximum absolute atomic E-state index is 12.7. The number of hydrogen-bond acceptors (Lipinski definition) is 6. The van der Waals surface area contributed by atoms with E-state index in [-0.39, 0.29) is 17.4 Å². The number of H-pyrrole nitrogens is 1. The largest absolute Gasteiger partial charge is 0.343 e. The number of nitrogens with one attached hydrogen (secondary N) is 1. The summed E-state index contributed by atoms with van der Waals surface area (Å²) < 4.78 is 0. The van der Waals surface area contributed by atoms with Crippen LogP contribution in [0.5, 0.6) is 0 Å². The van der Waals surface area contributed by atoms with Crippen LogP contribution in [0.4, 0.5) is 0 Å². The number of nitrogens with zero attached hydrogens (tertiary/aromatic N) is 3. The predicted molar refractivity (Wildman–Crippen MR) is 133 cm³/mol. The molecule has 178 valence electrons. The standard InChI is InChI=1S/C24H32N4O3S2/c29-20(27-12-7-16(8-13-27)24(31)28-10-2-1-3-11-28)9-14-32-15-19-25-22(30)21-17-5-4-6-18(17)33-23(21)26-19/h16H,1-15H2,(H,25,26,30). The van der Waals surface area contributed by atoms with E-state index in [1.165, 1.54) is 16.9 Å². The molecule has 0 radical (unpaired) electrons. The van der Waals surface area contributed by atoms with Gasteiger partial charge in [0.1, 0.15) is 10.7 Å². The number of aryl methyl sites for hydroxylation is 2.